The minimum absolute atomic E-state index is 0.105. The second-order valence-electron chi connectivity index (χ2n) is 5.44. The van der Waals surface area contributed by atoms with Crippen molar-refractivity contribution in [1.29, 1.82) is 0 Å². The largest absolute Gasteiger partial charge is 0.461 e. The summed E-state index contributed by atoms with van der Waals surface area (Å²) in [5, 5.41) is 12.4. The van der Waals surface area contributed by atoms with E-state index in [9.17, 15) is 19.5 Å². The highest BCUT2D eigenvalue weighted by Crippen LogP contribution is 2.11. The summed E-state index contributed by atoms with van der Waals surface area (Å²) in [5.74, 6) is -1.51. The molecule has 1 amide bonds. The Morgan fingerprint density at radius 3 is 2.52 bits per heavy atom. The van der Waals surface area contributed by atoms with Gasteiger partial charge in [0.05, 0.1) is 11.8 Å². The number of nitrogens with one attached hydrogen (secondary N) is 1. The molecule has 7 heteroatoms. The van der Waals surface area contributed by atoms with Crippen LogP contribution in [-0.4, -0.2) is 39.9 Å². The molecule has 1 rings (SSSR count). The first-order chi connectivity index (χ1) is 10.8. The van der Waals surface area contributed by atoms with Gasteiger partial charge in [0.15, 0.2) is 6.10 Å². The maximum Gasteiger partial charge on any atom is 0.328 e. The highest BCUT2D eigenvalue weighted by molar-refractivity contribution is 5.87. The van der Waals surface area contributed by atoms with Crippen molar-refractivity contribution in [1.82, 2.24) is 10.3 Å². The Kier molecular flexibility index (Phi) is 7.34. The van der Waals surface area contributed by atoms with Crippen LogP contribution >= 0.6 is 0 Å². The SMILES string of the molecule is CC(=O)CC[C@H](NC(=O)[C@@H](O)c1ccccn1)C(=O)OC(C)C. The molecule has 0 fully saturated rings. The second kappa shape index (κ2) is 8.99. The molecule has 0 bridgehead atoms. The van der Waals surface area contributed by atoms with E-state index in [0.717, 1.165) is 0 Å². The third kappa shape index (κ3) is 6.56. The van der Waals surface area contributed by atoms with Gasteiger partial charge in [-0.15, -0.1) is 0 Å². The molecular weight excluding hydrogens is 300 g/mol. The van der Waals surface area contributed by atoms with Crippen molar-refractivity contribution in [3.63, 3.8) is 0 Å². The molecule has 0 aliphatic carbocycles. The van der Waals surface area contributed by atoms with Crippen LogP contribution in [0, 0.1) is 0 Å². The van der Waals surface area contributed by atoms with Gasteiger partial charge in [0.1, 0.15) is 11.8 Å². The van der Waals surface area contributed by atoms with E-state index in [1.54, 1.807) is 26.0 Å². The molecule has 1 heterocycles. The first kappa shape index (κ1) is 18.8. The summed E-state index contributed by atoms with van der Waals surface area (Å²) >= 11 is 0. The molecular formula is C16H22N2O5. The van der Waals surface area contributed by atoms with Gasteiger partial charge < -0.3 is 20.0 Å². The highest BCUT2D eigenvalue weighted by atomic mass is 16.5. The zero-order valence-corrected chi connectivity index (χ0v) is 13.5. The number of Topliss-reactive ketones (excluding diaryl/α,β-unsaturated/α-hetero) is 1. The van der Waals surface area contributed by atoms with Crippen LogP contribution < -0.4 is 5.32 Å². The number of hydrogen-bond donors (Lipinski definition) is 2. The van der Waals surface area contributed by atoms with Gasteiger partial charge in [-0.3, -0.25) is 9.78 Å². The molecule has 7 nitrogen and oxygen atoms in total. The summed E-state index contributed by atoms with van der Waals surface area (Å²) in [5.41, 5.74) is 0.174. The van der Waals surface area contributed by atoms with Crippen molar-refractivity contribution in [2.24, 2.45) is 0 Å². The zero-order valence-electron chi connectivity index (χ0n) is 13.5. The standard InChI is InChI=1S/C16H22N2O5/c1-10(2)23-16(22)13(8-7-11(3)19)18-15(21)14(20)12-6-4-5-9-17-12/h4-6,9-10,13-14,20H,7-8H2,1-3H3,(H,18,21)/t13-,14-/m0/s1. The van der Waals surface area contributed by atoms with E-state index in [0.29, 0.717) is 0 Å². The monoisotopic (exact) mass is 322 g/mol. The lowest BCUT2D eigenvalue weighted by Gasteiger charge is -2.20. The van der Waals surface area contributed by atoms with Crippen LogP contribution in [0.3, 0.4) is 0 Å². The van der Waals surface area contributed by atoms with Crippen molar-refractivity contribution in [2.45, 2.75) is 51.9 Å². The number of ether oxygens (including phenoxy) is 1. The van der Waals surface area contributed by atoms with Crippen LogP contribution in [0.5, 0.6) is 0 Å². The van der Waals surface area contributed by atoms with Crippen LogP contribution in [0.2, 0.25) is 0 Å². The summed E-state index contributed by atoms with van der Waals surface area (Å²) in [6.45, 7) is 4.77. The number of pyridine rings is 1. The van der Waals surface area contributed by atoms with E-state index in [1.807, 2.05) is 0 Å². The number of amides is 1. The zero-order chi connectivity index (χ0) is 17.4. The quantitative estimate of drug-likeness (QED) is 0.690. The molecule has 2 atom stereocenters. The highest BCUT2D eigenvalue weighted by Gasteiger charge is 2.27. The van der Waals surface area contributed by atoms with E-state index in [1.165, 1.54) is 19.2 Å². The van der Waals surface area contributed by atoms with Crippen LogP contribution in [0.1, 0.15) is 45.4 Å². The number of carbonyl (C=O) groups is 3. The van der Waals surface area contributed by atoms with Crippen LogP contribution in [0.15, 0.2) is 24.4 Å². The fourth-order valence-corrected chi connectivity index (χ4v) is 1.83. The van der Waals surface area contributed by atoms with Crippen LogP contribution in [-0.2, 0) is 19.1 Å². The maximum absolute atomic E-state index is 12.1. The molecule has 0 saturated carbocycles. The third-order valence-electron chi connectivity index (χ3n) is 2.95. The van der Waals surface area contributed by atoms with E-state index in [4.69, 9.17) is 4.74 Å². The van der Waals surface area contributed by atoms with Crippen molar-refractivity contribution >= 4 is 17.7 Å². The summed E-state index contributed by atoms with van der Waals surface area (Å²) < 4.78 is 5.07. The number of aliphatic hydroxyl groups excluding tert-OH is 1. The Hall–Kier alpha value is -2.28. The Labute approximate surface area is 135 Å². The molecule has 1 aromatic rings. The first-order valence-electron chi connectivity index (χ1n) is 7.40. The van der Waals surface area contributed by atoms with E-state index in [2.05, 4.69) is 10.3 Å². The predicted octanol–water partition coefficient (Wildman–Crippen LogP) is 0.921. The molecule has 0 aliphatic rings. The summed E-state index contributed by atoms with van der Waals surface area (Å²) in [6, 6.07) is 3.80. The Morgan fingerprint density at radius 2 is 2.00 bits per heavy atom. The fourth-order valence-electron chi connectivity index (χ4n) is 1.83. The molecule has 126 valence electrons. The van der Waals surface area contributed by atoms with Crippen LogP contribution in [0.4, 0.5) is 0 Å². The summed E-state index contributed by atoms with van der Waals surface area (Å²) in [4.78, 5) is 39.1. The number of aliphatic hydroxyl groups is 1. The topological polar surface area (TPSA) is 106 Å². The second-order valence-corrected chi connectivity index (χ2v) is 5.44. The van der Waals surface area contributed by atoms with E-state index >= 15 is 0 Å². The van der Waals surface area contributed by atoms with Crippen molar-refractivity contribution in [2.75, 3.05) is 0 Å². The predicted molar refractivity (Wildman–Crippen MR) is 82.3 cm³/mol. The molecule has 0 unspecified atom stereocenters. The number of esters is 1. The molecule has 0 aromatic carbocycles. The molecule has 1 aromatic heterocycles. The van der Waals surface area contributed by atoms with Gasteiger partial charge >= 0.3 is 5.97 Å². The molecule has 0 radical (unpaired) electrons. The van der Waals surface area contributed by atoms with E-state index in [-0.39, 0.29) is 30.4 Å². The Morgan fingerprint density at radius 1 is 1.30 bits per heavy atom. The average Bonchev–Trinajstić information content (AvgIpc) is 2.50. The Bertz CT molecular complexity index is 545. The number of rotatable bonds is 8. The van der Waals surface area contributed by atoms with E-state index < -0.39 is 24.0 Å². The smallest absolute Gasteiger partial charge is 0.328 e. The van der Waals surface area contributed by atoms with Crippen LogP contribution in [0.25, 0.3) is 0 Å². The van der Waals surface area contributed by atoms with Gasteiger partial charge in [-0.05, 0) is 39.3 Å². The summed E-state index contributed by atoms with van der Waals surface area (Å²) in [7, 11) is 0. The van der Waals surface area contributed by atoms with Gasteiger partial charge in [0, 0.05) is 12.6 Å². The van der Waals surface area contributed by atoms with Crippen molar-refractivity contribution < 1.29 is 24.2 Å². The molecule has 0 aliphatic heterocycles. The number of nitrogens with zero attached hydrogens (tertiary/aromatic N) is 1. The lowest BCUT2D eigenvalue weighted by Crippen LogP contribution is -2.44. The Balaban J connectivity index is 2.76. The first-order valence-corrected chi connectivity index (χ1v) is 7.40. The van der Waals surface area contributed by atoms with Gasteiger partial charge in [-0.2, -0.15) is 0 Å². The molecule has 0 spiro atoms. The minimum atomic E-state index is -1.50. The van der Waals surface area contributed by atoms with Crippen molar-refractivity contribution in [3.8, 4) is 0 Å². The fraction of sp³-hybridized carbons (Fsp3) is 0.500. The number of ketones is 1. The third-order valence-corrected chi connectivity index (χ3v) is 2.95. The molecule has 23 heavy (non-hydrogen) atoms. The van der Waals surface area contributed by atoms with Crippen molar-refractivity contribution in [3.05, 3.63) is 30.1 Å². The maximum atomic E-state index is 12.1. The summed E-state index contributed by atoms with van der Waals surface area (Å²) in [6.07, 6.45) is -0.159. The lowest BCUT2D eigenvalue weighted by molar-refractivity contribution is -0.152. The van der Waals surface area contributed by atoms with Gasteiger partial charge in [-0.25, -0.2) is 4.79 Å². The molecule has 2 N–H and O–H groups in total. The lowest BCUT2D eigenvalue weighted by atomic mass is 10.1. The number of carbonyl (C=O) groups excluding carboxylic acids is 3. The number of aromatic nitrogens is 1. The normalized spacial score (nSPS) is 13.3. The average molecular weight is 322 g/mol. The van der Waals surface area contributed by atoms with Gasteiger partial charge in [-0.1, -0.05) is 6.07 Å². The number of hydrogen-bond acceptors (Lipinski definition) is 6. The molecule has 0 saturated heterocycles. The minimum Gasteiger partial charge on any atom is -0.461 e. The van der Waals surface area contributed by atoms with Gasteiger partial charge in [0.2, 0.25) is 0 Å². The van der Waals surface area contributed by atoms with Gasteiger partial charge in [0.25, 0.3) is 5.91 Å².